The Hall–Kier alpha value is -1.26. The van der Waals surface area contributed by atoms with Crippen molar-refractivity contribution in [3.63, 3.8) is 0 Å². The van der Waals surface area contributed by atoms with Crippen LogP contribution in [0.25, 0.3) is 0 Å². The molecule has 20 heavy (non-hydrogen) atoms. The predicted octanol–water partition coefficient (Wildman–Crippen LogP) is 2.65. The maximum absolute atomic E-state index is 12.7. The summed E-state index contributed by atoms with van der Waals surface area (Å²) in [6.45, 7) is 1.65. The quantitative estimate of drug-likeness (QED) is 0.898. The van der Waals surface area contributed by atoms with Crippen LogP contribution in [-0.4, -0.2) is 42.1 Å². The molecule has 1 atom stereocenters. The summed E-state index contributed by atoms with van der Waals surface area (Å²) in [4.78, 5) is 14.6. The Morgan fingerprint density at radius 1 is 1.50 bits per heavy atom. The van der Waals surface area contributed by atoms with Crippen molar-refractivity contribution >= 4 is 17.5 Å². The van der Waals surface area contributed by atoms with Crippen LogP contribution in [0.2, 0.25) is 5.02 Å². The first-order valence-electron chi connectivity index (χ1n) is 7.07. The van der Waals surface area contributed by atoms with E-state index in [2.05, 4.69) is 5.32 Å². The maximum Gasteiger partial charge on any atom is 0.255 e. The summed E-state index contributed by atoms with van der Waals surface area (Å²) in [6, 6.07) is 4.76. The van der Waals surface area contributed by atoms with Crippen LogP contribution in [0.4, 0.5) is 0 Å². The predicted molar refractivity (Wildman–Crippen MR) is 80.3 cm³/mol. The largest absolute Gasteiger partial charge is 0.508 e. The average Bonchev–Trinajstić information content (AvgIpc) is 2.47. The van der Waals surface area contributed by atoms with Gasteiger partial charge in [0.2, 0.25) is 0 Å². The second kappa shape index (κ2) is 6.95. The number of phenolic OH excluding ortho intramolecular Hbond substituents is 1. The van der Waals surface area contributed by atoms with Crippen LogP contribution in [0, 0.1) is 0 Å². The summed E-state index contributed by atoms with van der Waals surface area (Å²) in [5.74, 6) is -0.00626. The monoisotopic (exact) mass is 296 g/mol. The van der Waals surface area contributed by atoms with Crippen molar-refractivity contribution in [2.24, 2.45) is 0 Å². The lowest BCUT2D eigenvalue weighted by Gasteiger charge is -2.36. The van der Waals surface area contributed by atoms with Gasteiger partial charge in [-0.05, 0) is 57.5 Å². The van der Waals surface area contributed by atoms with E-state index in [1.807, 2.05) is 11.9 Å². The topological polar surface area (TPSA) is 52.6 Å². The molecule has 0 spiro atoms. The van der Waals surface area contributed by atoms with Gasteiger partial charge in [0.15, 0.2) is 0 Å². The molecule has 1 aliphatic heterocycles. The summed E-state index contributed by atoms with van der Waals surface area (Å²) in [5, 5.41) is 13.1. The first kappa shape index (κ1) is 15.1. The van der Waals surface area contributed by atoms with E-state index >= 15 is 0 Å². The number of carbonyl (C=O) groups is 1. The highest BCUT2D eigenvalue weighted by Gasteiger charge is 2.28. The summed E-state index contributed by atoms with van der Waals surface area (Å²) in [6.07, 6.45) is 4.16. The van der Waals surface area contributed by atoms with E-state index in [0.29, 0.717) is 10.6 Å². The van der Waals surface area contributed by atoms with Gasteiger partial charge in [-0.3, -0.25) is 4.79 Å². The number of hydrogen-bond acceptors (Lipinski definition) is 3. The minimum absolute atomic E-state index is 0.0709. The van der Waals surface area contributed by atoms with Crippen molar-refractivity contribution in [3.05, 3.63) is 28.8 Å². The number of rotatable bonds is 4. The highest BCUT2D eigenvalue weighted by Crippen LogP contribution is 2.27. The Labute approximate surface area is 124 Å². The number of aromatic hydroxyl groups is 1. The van der Waals surface area contributed by atoms with Crippen LogP contribution in [0.1, 0.15) is 36.0 Å². The second-order valence-corrected chi connectivity index (χ2v) is 5.61. The van der Waals surface area contributed by atoms with E-state index in [4.69, 9.17) is 11.6 Å². The molecule has 5 heteroatoms. The summed E-state index contributed by atoms with van der Waals surface area (Å²) in [5.41, 5.74) is 0.392. The third-order valence-electron chi connectivity index (χ3n) is 3.80. The third kappa shape index (κ3) is 3.44. The minimum atomic E-state index is -0.0771. The zero-order valence-electron chi connectivity index (χ0n) is 11.7. The number of likely N-dealkylation sites (tertiary alicyclic amines) is 1. The van der Waals surface area contributed by atoms with Crippen molar-refractivity contribution < 1.29 is 9.90 Å². The number of piperidine rings is 1. The molecule has 1 aromatic carbocycles. The second-order valence-electron chi connectivity index (χ2n) is 5.20. The molecule has 0 aromatic heterocycles. The fourth-order valence-corrected chi connectivity index (χ4v) is 2.91. The molecule has 2 rings (SSSR count). The Morgan fingerprint density at radius 2 is 2.30 bits per heavy atom. The molecule has 4 nitrogen and oxygen atoms in total. The van der Waals surface area contributed by atoms with Gasteiger partial charge in [-0.15, -0.1) is 0 Å². The molecule has 1 unspecified atom stereocenters. The number of amides is 1. The van der Waals surface area contributed by atoms with E-state index < -0.39 is 0 Å². The average molecular weight is 297 g/mol. The summed E-state index contributed by atoms with van der Waals surface area (Å²) in [7, 11) is 1.92. The lowest BCUT2D eigenvalue weighted by Crippen LogP contribution is -2.44. The number of hydrogen-bond donors (Lipinski definition) is 2. The van der Waals surface area contributed by atoms with Crippen LogP contribution in [-0.2, 0) is 0 Å². The fourth-order valence-electron chi connectivity index (χ4n) is 2.71. The number of halogens is 1. The molecule has 110 valence electrons. The van der Waals surface area contributed by atoms with Crippen LogP contribution >= 0.6 is 11.6 Å². The molecule has 1 fully saturated rings. The zero-order chi connectivity index (χ0) is 14.5. The Morgan fingerprint density at radius 3 is 3.05 bits per heavy atom. The van der Waals surface area contributed by atoms with Crippen molar-refractivity contribution in [2.75, 3.05) is 20.1 Å². The van der Waals surface area contributed by atoms with Gasteiger partial charge in [0, 0.05) is 12.6 Å². The molecule has 1 saturated heterocycles. The number of phenols is 1. The number of benzene rings is 1. The minimum Gasteiger partial charge on any atom is -0.508 e. The molecule has 1 aromatic rings. The molecular weight excluding hydrogens is 276 g/mol. The van der Waals surface area contributed by atoms with Gasteiger partial charge in [0.25, 0.3) is 5.91 Å². The van der Waals surface area contributed by atoms with Gasteiger partial charge < -0.3 is 15.3 Å². The van der Waals surface area contributed by atoms with Gasteiger partial charge >= 0.3 is 0 Å². The highest BCUT2D eigenvalue weighted by molar-refractivity contribution is 6.33. The molecule has 0 radical (unpaired) electrons. The van der Waals surface area contributed by atoms with Gasteiger partial charge in [0.1, 0.15) is 5.75 Å². The highest BCUT2D eigenvalue weighted by atomic mass is 35.5. The third-order valence-corrected chi connectivity index (χ3v) is 4.13. The summed E-state index contributed by atoms with van der Waals surface area (Å²) < 4.78 is 0. The molecular formula is C15H21ClN2O2. The van der Waals surface area contributed by atoms with Crippen molar-refractivity contribution in [2.45, 2.75) is 31.7 Å². The Kier molecular flexibility index (Phi) is 5.26. The van der Waals surface area contributed by atoms with E-state index in [1.165, 1.54) is 12.1 Å². The Bertz CT molecular complexity index is 479. The van der Waals surface area contributed by atoms with Crippen molar-refractivity contribution in [3.8, 4) is 5.75 Å². The molecule has 1 amide bonds. The standard InChI is InChI=1S/C15H21ClN2O2/c1-17-8-7-11-4-2-3-9-18(11)15(20)13-10-12(19)5-6-14(13)16/h5-6,10-11,17,19H,2-4,7-9H2,1H3. The lowest BCUT2D eigenvalue weighted by molar-refractivity contribution is 0.0602. The maximum atomic E-state index is 12.7. The summed E-state index contributed by atoms with van der Waals surface area (Å²) >= 11 is 6.09. The fraction of sp³-hybridized carbons (Fsp3) is 0.533. The van der Waals surface area contributed by atoms with Crippen LogP contribution in [0.15, 0.2) is 18.2 Å². The van der Waals surface area contributed by atoms with E-state index in [-0.39, 0.29) is 17.7 Å². The van der Waals surface area contributed by atoms with Crippen molar-refractivity contribution in [1.29, 1.82) is 0 Å². The van der Waals surface area contributed by atoms with E-state index in [0.717, 1.165) is 38.8 Å². The lowest BCUT2D eigenvalue weighted by atomic mass is 9.98. The van der Waals surface area contributed by atoms with Crippen LogP contribution in [0.3, 0.4) is 0 Å². The normalized spacial score (nSPS) is 19.1. The van der Waals surface area contributed by atoms with E-state index in [1.54, 1.807) is 6.07 Å². The number of carbonyl (C=O) groups excluding carboxylic acids is 1. The molecule has 0 bridgehead atoms. The molecule has 0 aliphatic carbocycles. The van der Waals surface area contributed by atoms with Gasteiger partial charge in [-0.25, -0.2) is 0 Å². The smallest absolute Gasteiger partial charge is 0.255 e. The molecule has 1 heterocycles. The molecule has 1 aliphatic rings. The molecule has 0 saturated carbocycles. The molecule has 2 N–H and O–H groups in total. The number of nitrogens with one attached hydrogen (secondary N) is 1. The number of nitrogens with zero attached hydrogens (tertiary/aromatic N) is 1. The van der Waals surface area contributed by atoms with Gasteiger partial charge in [0.05, 0.1) is 10.6 Å². The van der Waals surface area contributed by atoms with Gasteiger partial charge in [-0.1, -0.05) is 11.6 Å². The van der Waals surface area contributed by atoms with Gasteiger partial charge in [-0.2, -0.15) is 0 Å². The SMILES string of the molecule is CNCCC1CCCCN1C(=O)c1cc(O)ccc1Cl. The Balaban J connectivity index is 2.18. The first-order chi connectivity index (χ1) is 9.63. The van der Waals surface area contributed by atoms with Crippen LogP contribution < -0.4 is 5.32 Å². The van der Waals surface area contributed by atoms with Crippen molar-refractivity contribution in [1.82, 2.24) is 10.2 Å². The van der Waals surface area contributed by atoms with E-state index in [9.17, 15) is 9.90 Å². The zero-order valence-corrected chi connectivity index (χ0v) is 12.5. The first-order valence-corrected chi connectivity index (χ1v) is 7.45. The van der Waals surface area contributed by atoms with Crippen LogP contribution in [0.5, 0.6) is 5.75 Å².